The van der Waals surface area contributed by atoms with E-state index < -0.39 is 0 Å². The van der Waals surface area contributed by atoms with Crippen LogP contribution in [0.5, 0.6) is 0 Å². The van der Waals surface area contributed by atoms with E-state index in [2.05, 4.69) is 11.4 Å². The normalized spacial score (nSPS) is 11.6. The Labute approximate surface area is 113 Å². The minimum Gasteiger partial charge on any atom is -0.394 e. The van der Waals surface area contributed by atoms with Gasteiger partial charge in [-0.25, -0.2) is 0 Å². The Kier molecular flexibility index (Phi) is 4.54. The number of hydrogen-bond acceptors (Lipinski definition) is 3. The molecule has 2 aromatic carbocycles. The molecule has 0 radical (unpaired) electrons. The average Bonchev–Trinajstić information content (AvgIpc) is 2.48. The van der Waals surface area contributed by atoms with E-state index in [1.54, 1.807) is 12.1 Å². The summed E-state index contributed by atoms with van der Waals surface area (Å²) in [4.78, 5) is 0. The van der Waals surface area contributed by atoms with Crippen molar-refractivity contribution in [2.75, 3.05) is 11.9 Å². The van der Waals surface area contributed by atoms with Gasteiger partial charge in [-0.05, 0) is 36.2 Å². The fourth-order valence-electron chi connectivity index (χ4n) is 1.94. The summed E-state index contributed by atoms with van der Waals surface area (Å²) in [5, 5.41) is 21.4. The van der Waals surface area contributed by atoms with Gasteiger partial charge in [-0.1, -0.05) is 30.3 Å². The molecular formula is C16H16N2O. The van der Waals surface area contributed by atoms with Crippen LogP contribution in [0.2, 0.25) is 0 Å². The van der Waals surface area contributed by atoms with Crippen LogP contribution in [0.3, 0.4) is 0 Å². The summed E-state index contributed by atoms with van der Waals surface area (Å²) in [6.07, 6.45) is 0.761. The van der Waals surface area contributed by atoms with Gasteiger partial charge in [-0.2, -0.15) is 5.26 Å². The first-order valence-electron chi connectivity index (χ1n) is 6.23. The SMILES string of the molecule is N#Cc1ccc(N[C@@H](CO)Cc2ccccc2)cc1. The maximum atomic E-state index is 9.43. The van der Waals surface area contributed by atoms with Crippen molar-refractivity contribution in [1.82, 2.24) is 0 Å². The number of nitriles is 1. The average molecular weight is 252 g/mol. The summed E-state index contributed by atoms with van der Waals surface area (Å²) in [5.74, 6) is 0. The third-order valence-electron chi connectivity index (χ3n) is 2.93. The Morgan fingerprint density at radius 2 is 1.74 bits per heavy atom. The maximum Gasteiger partial charge on any atom is 0.0991 e. The summed E-state index contributed by atoms with van der Waals surface area (Å²) in [5.41, 5.74) is 2.73. The topological polar surface area (TPSA) is 56.0 Å². The molecule has 2 rings (SSSR count). The zero-order valence-corrected chi connectivity index (χ0v) is 10.6. The summed E-state index contributed by atoms with van der Waals surface area (Å²) in [6.45, 7) is 0.0644. The van der Waals surface area contributed by atoms with Gasteiger partial charge in [-0.15, -0.1) is 0 Å². The maximum absolute atomic E-state index is 9.43. The standard InChI is InChI=1S/C16H16N2O/c17-11-14-6-8-15(9-7-14)18-16(12-19)10-13-4-2-1-3-5-13/h1-9,16,18-19H,10,12H2/t16-/m1/s1. The van der Waals surface area contributed by atoms with Gasteiger partial charge in [0.2, 0.25) is 0 Å². The second-order valence-corrected chi connectivity index (χ2v) is 4.40. The molecular weight excluding hydrogens is 236 g/mol. The number of benzene rings is 2. The first-order valence-corrected chi connectivity index (χ1v) is 6.23. The van der Waals surface area contributed by atoms with Crippen molar-refractivity contribution < 1.29 is 5.11 Å². The number of nitrogens with zero attached hydrogens (tertiary/aromatic N) is 1. The van der Waals surface area contributed by atoms with E-state index in [1.165, 1.54) is 5.56 Å². The van der Waals surface area contributed by atoms with E-state index in [-0.39, 0.29) is 12.6 Å². The molecule has 0 aliphatic rings. The summed E-state index contributed by atoms with van der Waals surface area (Å²) < 4.78 is 0. The zero-order chi connectivity index (χ0) is 13.5. The van der Waals surface area contributed by atoms with E-state index in [1.807, 2.05) is 42.5 Å². The molecule has 1 atom stereocenters. The molecule has 0 saturated heterocycles. The van der Waals surface area contributed by atoms with Crippen LogP contribution in [0.25, 0.3) is 0 Å². The van der Waals surface area contributed by atoms with Crippen molar-refractivity contribution in [3.05, 3.63) is 65.7 Å². The van der Waals surface area contributed by atoms with Crippen LogP contribution in [0.4, 0.5) is 5.69 Å². The molecule has 19 heavy (non-hydrogen) atoms. The van der Waals surface area contributed by atoms with Gasteiger partial charge < -0.3 is 10.4 Å². The lowest BCUT2D eigenvalue weighted by molar-refractivity contribution is 0.273. The van der Waals surface area contributed by atoms with Gasteiger partial charge in [0.05, 0.1) is 24.3 Å². The quantitative estimate of drug-likeness (QED) is 0.860. The molecule has 0 amide bonds. The predicted octanol–water partition coefficient (Wildman–Crippen LogP) is 2.57. The summed E-state index contributed by atoms with van der Waals surface area (Å²) >= 11 is 0. The van der Waals surface area contributed by atoms with Crippen LogP contribution < -0.4 is 5.32 Å². The van der Waals surface area contributed by atoms with Crippen LogP contribution in [-0.2, 0) is 6.42 Å². The van der Waals surface area contributed by atoms with Gasteiger partial charge >= 0.3 is 0 Å². The van der Waals surface area contributed by atoms with Crippen molar-refractivity contribution in [3.8, 4) is 6.07 Å². The Morgan fingerprint density at radius 3 is 2.32 bits per heavy atom. The number of aliphatic hydroxyl groups is 1. The fraction of sp³-hybridized carbons (Fsp3) is 0.188. The molecule has 0 spiro atoms. The van der Waals surface area contributed by atoms with Gasteiger partial charge in [0, 0.05) is 5.69 Å². The van der Waals surface area contributed by atoms with Crippen LogP contribution in [0.1, 0.15) is 11.1 Å². The van der Waals surface area contributed by atoms with Gasteiger partial charge in [-0.3, -0.25) is 0 Å². The highest BCUT2D eigenvalue weighted by atomic mass is 16.3. The summed E-state index contributed by atoms with van der Waals surface area (Å²) in [7, 11) is 0. The van der Waals surface area contributed by atoms with E-state index in [9.17, 15) is 5.11 Å². The van der Waals surface area contributed by atoms with Crippen molar-refractivity contribution >= 4 is 5.69 Å². The number of rotatable bonds is 5. The molecule has 96 valence electrons. The van der Waals surface area contributed by atoms with Crippen molar-refractivity contribution in [2.24, 2.45) is 0 Å². The number of aliphatic hydroxyl groups excluding tert-OH is 1. The molecule has 0 bridgehead atoms. The molecule has 0 aliphatic heterocycles. The lowest BCUT2D eigenvalue weighted by Gasteiger charge is -2.17. The third-order valence-corrected chi connectivity index (χ3v) is 2.93. The first kappa shape index (κ1) is 13.1. The second-order valence-electron chi connectivity index (χ2n) is 4.40. The molecule has 0 fully saturated rings. The Balaban J connectivity index is 2.00. The van der Waals surface area contributed by atoms with Gasteiger partial charge in [0.1, 0.15) is 0 Å². The Bertz CT molecular complexity index is 543. The van der Waals surface area contributed by atoms with E-state index in [4.69, 9.17) is 5.26 Å². The molecule has 0 aromatic heterocycles. The van der Waals surface area contributed by atoms with Crippen molar-refractivity contribution in [1.29, 1.82) is 5.26 Å². The zero-order valence-electron chi connectivity index (χ0n) is 10.6. The van der Waals surface area contributed by atoms with Crippen molar-refractivity contribution in [3.63, 3.8) is 0 Å². The fourth-order valence-corrected chi connectivity index (χ4v) is 1.94. The minimum atomic E-state index is -0.0321. The number of hydrogen-bond donors (Lipinski definition) is 2. The predicted molar refractivity (Wildman–Crippen MR) is 75.8 cm³/mol. The van der Waals surface area contributed by atoms with Crippen LogP contribution in [0.15, 0.2) is 54.6 Å². The lowest BCUT2D eigenvalue weighted by Crippen LogP contribution is -2.26. The molecule has 0 saturated carbocycles. The Morgan fingerprint density at radius 1 is 1.05 bits per heavy atom. The summed E-state index contributed by atoms with van der Waals surface area (Å²) in [6, 6.07) is 19.3. The molecule has 0 aliphatic carbocycles. The molecule has 0 unspecified atom stereocenters. The van der Waals surface area contributed by atoms with Crippen molar-refractivity contribution in [2.45, 2.75) is 12.5 Å². The third kappa shape index (κ3) is 3.84. The molecule has 0 heterocycles. The van der Waals surface area contributed by atoms with Crippen LogP contribution >= 0.6 is 0 Å². The smallest absolute Gasteiger partial charge is 0.0991 e. The number of anilines is 1. The largest absolute Gasteiger partial charge is 0.394 e. The van der Waals surface area contributed by atoms with Crippen LogP contribution in [-0.4, -0.2) is 17.8 Å². The molecule has 2 aromatic rings. The Hall–Kier alpha value is -2.31. The van der Waals surface area contributed by atoms with E-state index in [0.29, 0.717) is 5.56 Å². The first-order chi connectivity index (χ1) is 9.31. The van der Waals surface area contributed by atoms with Gasteiger partial charge in [0.25, 0.3) is 0 Å². The van der Waals surface area contributed by atoms with E-state index in [0.717, 1.165) is 12.1 Å². The molecule has 2 N–H and O–H groups in total. The number of nitrogens with one attached hydrogen (secondary N) is 1. The highest BCUT2D eigenvalue weighted by Crippen LogP contribution is 2.12. The minimum absolute atomic E-state index is 0.0321. The monoisotopic (exact) mass is 252 g/mol. The molecule has 3 heteroatoms. The highest BCUT2D eigenvalue weighted by Gasteiger charge is 2.08. The highest BCUT2D eigenvalue weighted by molar-refractivity contribution is 5.48. The van der Waals surface area contributed by atoms with Gasteiger partial charge in [0.15, 0.2) is 0 Å². The molecule has 3 nitrogen and oxygen atoms in total. The van der Waals surface area contributed by atoms with Crippen LogP contribution in [0, 0.1) is 11.3 Å². The van der Waals surface area contributed by atoms with E-state index >= 15 is 0 Å². The second kappa shape index (κ2) is 6.58. The lowest BCUT2D eigenvalue weighted by atomic mass is 10.1.